The number of hydrogen-bond donors (Lipinski definition) is 6. The van der Waals surface area contributed by atoms with Gasteiger partial charge in [0.05, 0.1) is 19.4 Å². The Hall–Kier alpha value is -2.87. The lowest BCUT2D eigenvalue weighted by Crippen LogP contribution is -2.33. The molecule has 1 fully saturated rings. The van der Waals surface area contributed by atoms with E-state index in [1.807, 2.05) is 0 Å². The van der Waals surface area contributed by atoms with Gasteiger partial charge in [0, 0.05) is 0 Å². The van der Waals surface area contributed by atoms with Gasteiger partial charge in [-0.15, -0.1) is 0 Å². The van der Waals surface area contributed by atoms with Gasteiger partial charge in [0.2, 0.25) is 0 Å². The number of fused-ring (bicyclic) bond motifs is 1. The second-order valence-corrected chi connectivity index (χ2v) is 5.91. The third kappa shape index (κ3) is 3.52. The minimum absolute atomic E-state index is 0.0147. The molecule has 3 heterocycles. The van der Waals surface area contributed by atoms with Gasteiger partial charge in [0.25, 0.3) is 0 Å². The standard InChI is InChI=1S/C14H17N5O8/c20-2-6-9(23)10(24)13(27-6)19-4-17-8-11(15-3-16-12(8)19)18-5(14(25)26)1-7(21)22/h3-6,9-10,13,20,23-24H,1-2H2,(H,21,22)(H,25,26)(H,15,16,18)/t5-,6+,9+,10+,13+/m0/s1/i1+1,5+1,7+1,14+1. The number of carbonyl (C=O) groups is 2. The number of aromatic nitrogens is 4. The highest BCUT2D eigenvalue weighted by molar-refractivity contribution is 5.88. The maximum Gasteiger partial charge on any atom is 0.326 e. The Balaban J connectivity index is 1.93. The second-order valence-electron chi connectivity index (χ2n) is 5.91. The molecule has 27 heavy (non-hydrogen) atoms. The number of nitrogens with zero attached hydrogens (tertiary/aromatic N) is 4. The molecule has 0 spiro atoms. The molecule has 2 aromatic rings. The van der Waals surface area contributed by atoms with Crippen molar-refractivity contribution in [1.82, 2.24) is 19.5 Å². The van der Waals surface area contributed by atoms with E-state index in [1.165, 1.54) is 10.9 Å². The molecule has 3 rings (SSSR count). The number of imidazole rings is 1. The van der Waals surface area contributed by atoms with Crippen molar-refractivity contribution >= 4 is 28.9 Å². The Morgan fingerprint density at radius 2 is 1.96 bits per heavy atom. The monoisotopic (exact) mass is 387 g/mol. The summed E-state index contributed by atoms with van der Waals surface area (Å²) in [7, 11) is 0. The summed E-state index contributed by atoms with van der Waals surface area (Å²) >= 11 is 0. The van der Waals surface area contributed by atoms with Crippen molar-refractivity contribution in [1.29, 1.82) is 0 Å². The minimum Gasteiger partial charge on any atom is -0.481 e. The molecule has 13 nitrogen and oxygen atoms in total. The van der Waals surface area contributed by atoms with Gasteiger partial charge in [-0.1, -0.05) is 0 Å². The maximum atomic E-state index is 11.2. The van der Waals surface area contributed by atoms with Crippen molar-refractivity contribution in [2.45, 2.75) is 37.0 Å². The van der Waals surface area contributed by atoms with Gasteiger partial charge in [0.1, 0.15) is 30.7 Å². The van der Waals surface area contributed by atoms with Gasteiger partial charge in [0.15, 0.2) is 23.2 Å². The van der Waals surface area contributed by atoms with E-state index < -0.39 is 55.5 Å². The van der Waals surface area contributed by atoms with Crippen molar-refractivity contribution in [2.24, 2.45) is 0 Å². The highest BCUT2D eigenvalue weighted by atomic mass is 16.6. The fraction of sp³-hybridized carbons (Fsp3) is 0.500. The maximum absolute atomic E-state index is 11.2. The predicted octanol–water partition coefficient (Wildman–Crippen LogP) is -2.22. The molecule has 13 heteroatoms. The van der Waals surface area contributed by atoms with Crippen molar-refractivity contribution in [2.75, 3.05) is 11.9 Å². The van der Waals surface area contributed by atoms with Crippen molar-refractivity contribution in [3.63, 3.8) is 0 Å². The number of nitrogens with one attached hydrogen (secondary N) is 1. The van der Waals surface area contributed by atoms with Crippen molar-refractivity contribution in [3.05, 3.63) is 12.7 Å². The average Bonchev–Trinajstić information content (AvgIpc) is 3.16. The molecule has 2 aromatic heterocycles. The van der Waals surface area contributed by atoms with E-state index in [2.05, 4.69) is 20.3 Å². The first kappa shape index (κ1) is 18.9. The highest BCUT2D eigenvalue weighted by Gasteiger charge is 2.44. The van der Waals surface area contributed by atoms with Crippen LogP contribution in [0, 0.1) is 0 Å². The Kier molecular flexibility index (Phi) is 5.18. The third-order valence-corrected chi connectivity index (χ3v) is 4.14. The van der Waals surface area contributed by atoms with Crippen LogP contribution < -0.4 is 5.32 Å². The number of ether oxygens (including phenoxy) is 1. The first-order chi connectivity index (χ1) is 12.8. The lowest BCUT2D eigenvalue weighted by molar-refractivity contribution is -0.144. The van der Waals surface area contributed by atoms with Crippen molar-refractivity contribution < 1.29 is 39.9 Å². The van der Waals surface area contributed by atoms with E-state index in [4.69, 9.17) is 14.9 Å². The summed E-state index contributed by atoms with van der Waals surface area (Å²) in [5, 5.41) is 49.7. The van der Waals surface area contributed by atoms with Crippen LogP contribution in [0.3, 0.4) is 0 Å². The smallest absolute Gasteiger partial charge is 0.326 e. The number of carboxylic acids is 2. The highest BCUT2D eigenvalue weighted by Crippen LogP contribution is 2.32. The molecule has 5 atom stereocenters. The molecular weight excluding hydrogens is 370 g/mol. The summed E-state index contributed by atoms with van der Waals surface area (Å²) in [6.07, 6.45) is -3.08. The number of rotatable bonds is 7. The molecule has 0 bridgehead atoms. The summed E-state index contributed by atoms with van der Waals surface area (Å²) in [5.41, 5.74) is 0.272. The molecule has 0 saturated carbocycles. The summed E-state index contributed by atoms with van der Waals surface area (Å²) in [5.74, 6) is -2.71. The Morgan fingerprint density at radius 3 is 2.56 bits per heavy atom. The zero-order valence-corrected chi connectivity index (χ0v) is 13.7. The van der Waals surface area contributed by atoms with Crippen LogP contribution in [0.25, 0.3) is 11.2 Å². The zero-order chi connectivity index (χ0) is 19.7. The first-order valence-electron chi connectivity index (χ1n) is 7.84. The van der Waals surface area contributed by atoms with Crippen LogP contribution in [-0.4, -0.2) is 88.0 Å². The van der Waals surface area contributed by atoms with Crippen LogP contribution in [0.2, 0.25) is 0 Å². The Bertz CT molecular complexity index is 857. The topological polar surface area (TPSA) is 200 Å². The lowest BCUT2D eigenvalue weighted by Gasteiger charge is -2.17. The number of aliphatic carboxylic acids is 2. The molecule has 146 valence electrons. The second kappa shape index (κ2) is 7.40. The largest absolute Gasteiger partial charge is 0.481 e. The van der Waals surface area contributed by atoms with E-state index in [0.29, 0.717) is 0 Å². The lowest BCUT2D eigenvalue weighted by atomic mass is 10.1. The van der Waals surface area contributed by atoms with Crippen LogP contribution in [0.5, 0.6) is 0 Å². The van der Waals surface area contributed by atoms with E-state index >= 15 is 0 Å². The molecular formula is C14H17N5O8. The van der Waals surface area contributed by atoms with E-state index in [-0.39, 0.29) is 17.0 Å². The van der Waals surface area contributed by atoms with Gasteiger partial charge in [-0.2, -0.15) is 0 Å². The molecule has 0 radical (unpaired) electrons. The van der Waals surface area contributed by atoms with Crippen molar-refractivity contribution in [3.8, 4) is 0 Å². The molecule has 1 aliphatic heterocycles. The summed E-state index contributed by atoms with van der Waals surface area (Å²) in [4.78, 5) is 34.0. The molecule has 1 aliphatic rings. The van der Waals surface area contributed by atoms with Crippen LogP contribution >= 0.6 is 0 Å². The van der Waals surface area contributed by atoms with Crippen LogP contribution in [0.4, 0.5) is 5.82 Å². The first-order valence-corrected chi connectivity index (χ1v) is 7.84. The van der Waals surface area contributed by atoms with Gasteiger partial charge >= 0.3 is 11.9 Å². The number of carboxylic acid groups (broad SMARTS) is 2. The summed E-state index contributed by atoms with van der Waals surface area (Å²) in [6, 6.07) is -1.44. The van der Waals surface area contributed by atoms with E-state index in [9.17, 15) is 24.9 Å². The number of anilines is 1. The fourth-order valence-corrected chi connectivity index (χ4v) is 2.79. The van der Waals surface area contributed by atoms with E-state index in [0.717, 1.165) is 6.33 Å². The number of aliphatic hydroxyl groups excluding tert-OH is 3. The van der Waals surface area contributed by atoms with Gasteiger partial charge in [-0.3, -0.25) is 9.36 Å². The quantitative estimate of drug-likeness (QED) is 0.280. The van der Waals surface area contributed by atoms with E-state index in [1.54, 1.807) is 0 Å². The third-order valence-electron chi connectivity index (χ3n) is 4.14. The summed E-state index contributed by atoms with van der Waals surface area (Å²) in [6.45, 7) is -0.501. The summed E-state index contributed by atoms with van der Waals surface area (Å²) < 4.78 is 6.72. The molecule has 0 aliphatic carbocycles. The van der Waals surface area contributed by atoms with Crippen LogP contribution in [0.15, 0.2) is 12.7 Å². The molecule has 0 aromatic carbocycles. The molecule has 0 amide bonds. The fourth-order valence-electron chi connectivity index (χ4n) is 2.79. The van der Waals surface area contributed by atoms with Crippen LogP contribution in [0.1, 0.15) is 12.6 Å². The molecule has 0 unspecified atom stereocenters. The number of hydrogen-bond acceptors (Lipinski definition) is 10. The number of aliphatic hydroxyl groups is 3. The Labute approximate surface area is 150 Å². The zero-order valence-electron chi connectivity index (χ0n) is 13.7. The molecule has 1 saturated heterocycles. The normalized spacial score (nSPS) is 26.2. The minimum atomic E-state index is -1.44. The Morgan fingerprint density at radius 1 is 1.22 bits per heavy atom. The SMILES string of the molecule is O=[13C](O)[13CH2][13C@H](Nc1ncnc2c1ncn2[C@@H]1O[C@H](CO)[C@@H](O)[C@H]1O)[13C](=O)O. The average molecular weight is 387 g/mol. The van der Waals surface area contributed by atoms with Gasteiger partial charge in [-0.05, 0) is 0 Å². The van der Waals surface area contributed by atoms with Gasteiger partial charge in [-0.25, -0.2) is 19.7 Å². The van der Waals surface area contributed by atoms with Crippen LogP contribution in [-0.2, 0) is 14.3 Å². The molecule has 6 N–H and O–H groups in total. The predicted molar refractivity (Wildman–Crippen MR) is 85.6 cm³/mol. The van der Waals surface area contributed by atoms with Gasteiger partial charge < -0.3 is 35.6 Å².